The quantitative estimate of drug-likeness (QED) is 0.752. The largest absolute Gasteiger partial charge is 0.447 e. The number of aliphatic hydroxyl groups is 1. The van der Waals surface area contributed by atoms with Crippen LogP contribution >= 0.6 is 0 Å². The Labute approximate surface area is 107 Å². The van der Waals surface area contributed by atoms with E-state index in [0.29, 0.717) is 19.5 Å². The molecule has 0 aliphatic carbocycles. The normalized spacial score (nSPS) is 16.4. The number of ether oxygens (including phenoxy) is 1. The maximum absolute atomic E-state index is 11.5. The van der Waals surface area contributed by atoms with Gasteiger partial charge in [-0.25, -0.2) is 4.79 Å². The number of carbonyl (C=O) groups is 2. The minimum Gasteiger partial charge on any atom is -0.447 e. The molecule has 6 nitrogen and oxygen atoms in total. The van der Waals surface area contributed by atoms with Crippen LogP contribution in [0, 0.1) is 0 Å². The Bertz CT molecular complexity index is 275. The molecule has 0 bridgehead atoms. The summed E-state index contributed by atoms with van der Waals surface area (Å²) in [4.78, 5) is 24.5. The fraction of sp³-hybridized carbons (Fsp3) is 0.833. The Morgan fingerprint density at radius 3 is 2.61 bits per heavy atom. The van der Waals surface area contributed by atoms with E-state index in [-0.39, 0.29) is 31.3 Å². The van der Waals surface area contributed by atoms with E-state index in [1.54, 1.807) is 4.90 Å². The van der Waals surface area contributed by atoms with Crippen LogP contribution in [0.5, 0.6) is 0 Å². The molecule has 0 aromatic carbocycles. The number of piperidine rings is 1. The van der Waals surface area contributed by atoms with Crippen LogP contribution in [0.4, 0.5) is 4.79 Å². The molecule has 1 aliphatic rings. The van der Waals surface area contributed by atoms with Gasteiger partial charge in [-0.05, 0) is 19.3 Å². The Morgan fingerprint density at radius 1 is 1.39 bits per heavy atom. The molecule has 18 heavy (non-hydrogen) atoms. The number of aliphatic hydroxyl groups excluding tert-OH is 1. The van der Waals surface area contributed by atoms with E-state index in [9.17, 15) is 9.59 Å². The van der Waals surface area contributed by atoms with Gasteiger partial charge >= 0.3 is 6.09 Å². The number of nitrogens with one attached hydrogen (secondary N) is 1. The highest BCUT2D eigenvalue weighted by atomic mass is 16.6. The summed E-state index contributed by atoms with van der Waals surface area (Å²) in [6.07, 6.45) is 2.52. The number of amides is 2. The number of hydrogen-bond acceptors (Lipinski definition) is 4. The Hall–Kier alpha value is -1.30. The molecule has 1 rings (SSSR count). The van der Waals surface area contributed by atoms with Crippen molar-refractivity contribution in [3.8, 4) is 0 Å². The second-order valence-corrected chi connectivity index (χ2v) is 4.42. The van der Waals surface area contributed by atoms with Crippen molar-refractivity contribution in [2.45, 2.75) is 38.6 Å². The lowest BCUT2D eigenvalue weighted by Gasteiger charge is -2.31. The Balaban J connectivity index is 2.23. The second-order valence-electron chi connectivity index (χ2n) is 4.42. The summed E-state index contributed by atoms with van der Waals surface area (Å²) >= 11 is 0. The van der Waals surface area contributed by atoms with Crippen molar-refractivity contribution >= 4 is 12.0 Å². The highest BCUT2D eigenvalue weighted by molar-refractivity contribution is 5.76. The van der Waals surface area contributed by atoms with Gasteiger partial charge in [0.05, 0.1) is 6.61 Å². The van der Waals surface area contributed by atoms with Crippen molar-refractivity contribution in [3.63, 3.8) is 0 Å². The van der Waals surface area contributed by atoms with Crippen LogP contribution in [0.3, 0.4) is 0 Å². The van der Waals surface area contributed by atoms with Gasteiger partial charge in [0.15, 0.2) is 0 Å². The summed E-state index contributed by atoms with van der Waals surface area (Å²) < 4.78 is 4.84. The van der Waals surface area contributed by atoms with Crippen LogP contribution in [0.15, 0.2) is 0 Å². The number of hydrogen-bond donors (Lipinski definition) is 2. The maximum Gasteiger partial charge on any atom is 0.409 e. The predicted octanol–water partition coefficient (Wildman–Crippen LogP) is 0.496. The first-order valence-electron chi connectivity index (χ1n) is 6.49. The monoisotopic (exact) mass is 258 g/mol. The van der Waals surface area contributed by atoms with E-state index in [0.717, 1.165) is 19.3 Å². The van der Waals surface area contributed by atoms with Crippen molar-refractivity contribution in [2.24, 2.45) is 0 Å². The lowest BCUT2D eigenvalue weighted by atomic mass is 10.1. The zero-order valence-electron chi connectivity index (χ0n) is 10.9. The SMILES string of the molecule is CCCC(=O)NC1CCN(C(=O)OCCO)CC1. The van der Waals surface area contributed by atoms with Crippen molar-refractivity contribution in [1.29, 1.82) is 0 Å². The molecular formula is C12H22N2O4. The molecule has 0 spiro atoms. The van der Waals surface area contributed by atoms with Crippen molar-refractivity contribution in [3.05, 3.63) is 0 Å². The molecule has 1 fully saturated rings. The van der Waals surface area contributed by atoms with Gasteiger partial charge < -0.3 is 20.1 Å². The van der Waals surface area contributed by atoms with Crippen molar-refractivity contribution in [1.82, 2.24) is 10.2 Å². The van der Waals surface area contributed by atoms with Gasteiger partial charge in [-0.2, -0.15) is 0 Å². The standard InChI is InChI=1S/C12H22N2O4/c1-2-3-11(16)13-10-4-6-14(7-5-10)12(17)18-9-8-15/h10,15H,2-9H2,1H3,(H,13,16). The van der Waals surface area contributed by atoms with Gasteiger partial charge in [-0.15, -0.1) is 0 Å². The maximum atomic E-state index is 11.5. The van der Waals surface area contributed by atoms with Crippen molar-refractivity contribution < 1.29 is 19.4 Å². The van der Waals surface area contributed by atoms with Crippen LogP contribution in [0.2, 0.25) is 0 Å². The first-order valence-corrected chi connectivity index (χ1v) is 6.49. The third-order valence-electron chi connectivity index (χ3n) is 2.91. The van der Waals surface area contributed by atoms with E-state index in [2.05, 4.69) is 5.32 Å². The van der Waals surface area contributed by atoms with Gasteiger partial charge in [-0.1, -0.05) is 6.92 Å². The van der Waals surface area contributed by atoms with Crippen LogP contribution < -0.4 is 5.32 Å². The van der Waals surface area contributed by atoms with Gasteiger partial charge in [0, 0.05) is 25.6 Å². The molecule has 0 unspecified atom stereocenters. The third kappa shape index (κ3) is 4.91. The second kappa shape index (κ2) is 7.92. The predicted molar refractivity (Wildman–Crippen MR) is 66.1 cm³/mol. The molecule has 1 heterocycles. The zero-order chi connectivity index (χ0) is 13.4. The molecule has 2 amide bonds. The minimum absolute atomic E-state index is 0.0337. The van der Waals surface area contributed by atoms with Gasteiger partial charge in [0.25, 0.3) is 0 Å². The number of rotatable bonds is 5. The lowest BCUT2D eigenvalue weighted by Crippen LogP contribution is -2.46. The molecule has 0 atom stereocenters. The molecule has 104 valence electrons. The van der Waals surface area contributed by atoms with Gasteiger partial charge in [0.2, 0.25) is 5.91 Å². The average Bonchev–Trinajstić information content (AvgIpc) is 2.37. The van der Waals surface area contributed by atoms with Gasteiger partial charge in [-0.3, -0.25) is 4.79 Å². The summed E-state index contributed by atoms with van der Waals surface area (Å²) in [5.74, 6) is 0.0822. The molecule has 0 saturated carbocycles. The summed E-state index contributed by atoms with van der Waals surface area (Å²) in [6.45, 7) is 3.02. The third-order valence-corrected chi connectivity index (χ3v) is 2.91. The summed E-state index contributed by atoms with van der Waals surface area (Å²) in [7, 11) is 0. The number of carbonyl (C=O) groups excluding carboxylic acids is 2. The molecule has 0 aromatic rings. The lowest BCUT2D eigenvalue weighted by molar-refractivity contribution is -0.122. The highest BCUT2D eigenvalue weighted by Crippen LogP contribution is 2.11. The smallest absolute Gasteiger partial charge is 0.409 e. The fourth-order valence-corrected chi connectivity index (χ4v) is 1.96. The molecular weight excluding hydrogens is 236 g/mol. The topological polar surface area (TPSA) is 78.9 Å². The zero-order valence-corrected chi connectivity index (χ0v) is 10.9. The van der Waals surface area contributed by atoms with Gasteiger partial charge in [0.1, 0.15) is 6.61 Å². The molecule has 6 heteroatoms. The first-order chi connectivity index (χ1) is 8.67. The average molecular weight is 258 g/mol. The Morgan fingerprint density at radius 2 is 2.06 bits per heavy atom. The van der Waals surface area contributed by atoms with Crippen LogP contribution in [0.1, 0.15) is 32.6 Å². The Kier molecular flexibility index (Phi) is 6.49. The number of nitrogens with zero attached hydrogens (tertiary/aromatic N) is 1. The molecule has 1 aliphatic heterocycles. The summed E-state index contributed by atoms with van der Waals surface area (Å²) in [6, 6.07) is 0.158. The molecule has 2 N–H and O–H groups in total. The van der Waals surface area contributed by atoms with Crippen LogP contribution in [-0.2, 0) is 9.53 Å². The molecule has 0 aromatic heterocycles. The van der Waals surface area contributed by atoms with E-state index in [4.69, 9.17) is 9.84 Å². The van der Waals surface area contributed by atoms with E-state index in [1.807, 2.05) is 6.92 Å². The minimum atomic E-state index is -0.387. The van der Waals surface area contributed by atoms with E-state index in [1.165, 1.54) is 0 Å². The van der Waals surface area contributed by atoms with Crippen LogP contribution in [-0.4, -0.2) is 54.4 Å². The summed E-state index contributed by atoms with van der Waals surface area (Å²) in [5, 5.41) is 11.5. The fourth-order valence-electron chi connectivity index (χ4n) is 1.96. The van der Waals surface area contributed by atoms with E-state index < -0.39 is 0 Å². The number of likely N-dealkylation sites (tertiary alicyclic amines) is 1. The molecule has 1 saturated heterocycles. The van der Waals surface area contributed by atoms with E-state index >= 15 is 0 Å². The highest BCUT2D eigenvalue weighted by Gasteiger charge is 2.24. The summed E-state index contributed by atoms with van der Waals surface area (Å²) in [5.41, 5.74) is 0. The molecule has 0 radical (unpaired) electrons. The van der Waals surface area contributed by atoms with Crippen molar-refractivity contribution in [2.75, 3.05) is 26.3 Å². The first kappa shape index (κ1) is 14.8. The van der Waals surface area contributed by atoms with Crippen LogP contribution in [0.25, 0.3) is 0 Å².